The van der Waals surface area contributed by atoms with Crippen molar-refractivity contribution in [2.45, 2.75) is 16.9 Å². The van der Waals surface area contributed by atoms with Crippen molar-refractivity contribution in [1.29, 1.82) is 0 Å². The minimum atomic E-state index is 0.163. The summed E-state index contributed by atoms with van der Waals surface area (Å²) in [7, 11) is 0. The van der Waals surface area contributed by atoms with E-state index in [9.17, 15) is 0 Å². The Labute approximate surface area is 187 Å². The number of rotatable bonds is 4. The first-order valence-corrected chi connectivity index (χ1v) is 12.5. The number of thioether (sulfide) groups is 2. The molecule has 1 fully saturated rings. The first-order chi connectivity index (χ1) is 14.9. The van der Waals surface area contributed by atoms with Crippen molar-refractivity contribution >= 4 is 34.9 Å². The van der Waals surface area contributed by atoms with Crippen LogP contribution in [0, 0.1) is 0 Å². The van der Waals surface area contributed by atoms with Crippen molar-refractivity contribution in [3.63, 3.8) is 0 Å². The summed E-state index contributed by atoms with van der Waals surface area (Å²) >= 11 is 4.03. The Morgan fingerprint density at radius 1 is 0.667 bits per heavy atom. The van der Waals surface area contributed by atoms with Gasteiger partial charge in [0.25, 0.3) is 0 Å². The van der Waals surface area contributed by atoms with Crippen LogP contribution in [0.4, 0.5) is 0 Å². The first kappa shape index (κ1) is 19.6. The van der Waals surface area contributed by atoms with Gasteiger partial charge in [0.2, 0.25) is 0 Å². The smallest absolute Gasteiger partial charge is 0.132 e. The fraction of sp³-hybridized carbons (Fsp3) is 0.185. The van der Waals surface area contributed by atoms with Crippen LogP contribution in [0.3, 0.4) is 0 Å². The molecule has 0 radical (unpaired) electrons. The maximum atomic E-state index is 6.73. The van der Waals surface area contributed by atoms with Gasteiger partial charge in [-0.15, -0.1) is 23.5 Å². The van der Waals surface area contributed by atoms with Gasteiger partial charge < -0.3 is 4.74 Å². The van der Waals surface area contributed by atoms with E-state index in [-0.39, 0.29) is 5.92 Å². The second-order valence-electron chi connectivity index (χ2n) is 7.46. The van der Waals surface area contributed by atoms with Crippen LogP contribution in [-0.4, -0.2) is 16.1 Å². The van der Waals surface area contributed by atoms with E-state index in [2.05, 4.69) is 97.1 Å². The summed E-state index contributed by atoms with van der Waals surface area (Å²) in [6.07, 6.45) is 3.57. The van der Waals surface area contributed by atoms with Gasteiger partial charge in [0.15, 0.2) is 0 Å². The maximum Gasteiger partial charge on any atom is 0.132 e. The second-order valence-corrected chi connectivity index (χ2v) is 10.2. The Kier molecular flexibility index (Phi) is 6.01. The third kappa shape index (κ3) is 4.10. The van der Waals surface area contributed by atoms with Crippen molar-refractivity contribution < 1.29 is 4.74 Å². The monoisotopic (exact) mass is 428 g/mol. The molecule has 5 rings (SSSR count). The normalized spacial score (nSPS) is 19.9. The SMILES string of the molecule is C1=C(c2ccccc2)OC(C2SCCCS2)=C(c2ccccc2)C1c1ccccc1. The number of allylic oxidation sites excluding steroid dienone is 2. The van der Waals surface area contributed by atoms with E-state index in [0.29, 0.717) is 4.58 Å². The fourth-order valence-corrected chi connectivity index (χ4v) is 6.88. The molecular formula is C27H24OS2. The minimum Gasteiger partial charge on any atom is -0.459 e. The number of ether oxygens (including phenoxy) is 1. The molecule has 2 aliphatic heterocycles. The highest BCUT2D eigenvalue weighted by atomic mass is 32.2. The van der Waals surface area contributed by atoms with Gasteiger partial charge in [0.05, 0.1) is 0 Å². The lowest BCUT2D eigenvalue weighted by atomic mass is 9.83. The lowest BCUT2D eigenvalue weighted by Gasteiger charge is -2.33. The van der Waals surface area contributed by atoms with Gasteiger partial charge in [0, 0.05) is 17.1 Å². The molecule has 1 unspecified atom stereocenters. The lowest BCUT2D eigenvalue weighted by Crippen LogP contribution is -2.19. The largest absolute Gasteiger partial charge is 0.459 e. The third-order valence-electron chi connectivity index (χ3n) is 5.46. The standard InChI is InChI=1S/C27H24OS2/c1-4-11-20(12-5-1)23-19-24(21-13-6-2-7-14-21)28-26(27-29-17-10-18-30-27)25(23)22-15-8-3-9-16-22/h1-9,11-16,19,23,27H,10,17-18H2. The average Bonchev–Trinajstić information content (AvgIpc) is 2.85. The molecule has 2 heterocycles. The maximum absolute atomic E-state index is 6.73. The predicted octanol–water partition coefficient (Wildman–Crippen LogP) is 7.45. The summed E-state index contributed by atoms with van der Waals surface area (Å²) in [5.74, 6) is 4.62. The van der Waals surface area contributed by atoms with Gasteiger partial charge in [-0.1, -0.05) is 91.0 Å². The Bertz CT molecular complexity index is 1040. The van der Waals surface area contributed by atoms with Crippen molar-refractivity contribution in [2.75, 3.05) is 11.5 Å². The molecule has 3 heteroatoms. The predicted molar refractivity (Wildman–Crippen MR) is 131 cm³/mol. The molecule has 0 N–H and O–H groups in total. The highest BCUT2D eigenvalue weighted by Crippen LogP contribution is 2.49. The zero-order valence-corrected chi connectivity index (χ0v) is 18.4. The van der Waals surface area contributed by atoms with Crippen molar-refractivity contribution in [2.24, 2.45) is 0 Å². The van der Waals surface area contributed by atoms with E-state index in [1.165, 1.54) is 34.6 Å². The summed E-state index contributed by atoms with van der Waals surface area (Å²) in [6, 6.07) is 32.1. The molecule has 150 valence electrons. The van der Waals surface area contributed by atoms with Crippen LogP contribution in [0.1, 0.15) is 29.0 Å². The first-order valence-electron chi connectivity index (χ1n) is 10.4. The molecular weight excluding hydrogens is 404 g/mol. The van der Waals surface area contributed by atoms with Crippen LogP contribution in [0.2, 0.25) is 0 Å². The van der Waals surface area contributed by atoms with Gasteiger partial charge >= 0.3 is 0 Å². The van der Waals surface area contributed by atoms with Gasteiger partial charge in [-0.05, 0) is 35.1 Å². The molecule has 0 bridgehead atoms. The Morgan fingerprint density at radius 2 is 1.23 bits per heavy atom. The molecule has 0 aromatic heterocycles. The molecule has 3 aromatic rings. The summed E-state index contributed by atoms with van der Waals surface area (Å²) in [4.78, 5) is 0. The quantitative estimate of drug-likeness (QED) is 0.427. The van der Waals surface area contributed by atoms with Crippen molar-refractivity contribution in [1.82, 2.24) is 0 Å². The lowest BCUT2D eigenvalue weighted by molar-refractivity contribution is 0.375. The molecule has 2 aliphatic rings. The van der Waals surface area contributed by atoms with Crippen LogP contribution in [0.5, 0.6) is 0 Å². The molecule has 0 amide bonds. The molecule has 1 saturated heterocycles. The van der Waals surface area contributed by atoms with Gasteiger partial charge in [-0.3, -0.25) is 0 Å². The molecule has 0 spiro atoms. The third-order valence-corrected chi connectivity index (χ3v) is 8.36. The summed E-state index contributed by atoms with van der Waals surface area (Å²) in [5.41, 5.74) is 4.98. The Hall–Kier alpha value is -2.36. The summed E-state index contributed by atoms with van der Waals surface area (Å²) in [5, 5.41) is 0. The van der Waals surface area contributed by atoms with E-state index in [0.717, 1.165) is 17.1 Å². The molecule has 3 aromatic carbocycles. The zero-order valence-electron chi connectivity index (χ0n) is 16.7. The van der Waals surface area contributed by atoms with Gasteiger partial charge in [-0.2, -0.15) is 0 Å². The fourth-order valence-electron chi connectivity index (χ4n) is 4.03. The van der Waals surface area contributed by atoms with Crippen molar-refractivity contribution in [3.8, 4) is 0 Å². The summed E-state index contributed by atoms with van der Waals surface area (Å²) < 4.78 is 7.06. The topological polar surface area (TPSA) is 9.23 Å². The highest BCUT2D eigenvalue weighted by Gasteiger charge is 2.33. The summed E-state index contributed by atoms with van der Waals surface area (Å²) in [6.45, 7) is 0. The van der Waals surface area contributed by atoms with Gasteiger partial charge in [0.1, 0.15) is 16.1 Å². The number of hydrogen-bond acceptors (Lipinski definition) is 3. The van der Waals surface area contributed by atoms with Gasteiger partial charge in [-0.25, -0.2) is 0 Å². The minimum absolute atomic E-state index is 0.163. The molecule has 1 atom stereocenters. The molecule has 0 aliphatic carbocycles. The van der Waals surface area contributed by atoms with E-state index in [1.807, 2.05) is 23.5 Å². The Balaban J connectivity index is 1.69. The highest BCUT2D eigenvalue weighted by molar-refractivity contribution is 8.17. The molecule has 0 saturated carbocycles. The zero-order chi connectivity index (χ0) is 20.2. The van der Waals surface area contributed by atoms with E-state index >= 15 is 0 Å². The van der Waals surface area contributed by atoms with E-state index in [4.69, 9.17) is 4.74 Å². The number of benzene rings is 3. The van der Waals surface area contributed by atoms with Crippen molar-refractivity contribution in [3.05, 3.63) is 120 Å². The van der Waals surface area contributed by atoms with Crippen LogP contribution in [0.25, 0.3) is 11.3 Å². The molecule has 30 heavy (non-hydrogen) atoms. The van der Waals surface area contributed by atoms with Crippen LogP contribution >= 0.6 is 23.5 Å². The van der Waals surface area contributed by atoms with Crippen LogP contribution < -0.4 is 0 Å². The van der Waals surface area contributed by atoms with E-state index in [1.54, 1.807) is 0 Å². The second kappa shape index (κ2) is 9.20. The molecule has 1 nitrogen and oxygen atoms in total. The Morgan fingerprint density at radius 3 is 1.87 bits per heavy atom. The average molecular weight is 429 g/mol. The van der Waals surface area contributed by atoms with Crippen LogP contribution in [0.15, 0.2) is 103 Å². The number of hydrogen-bond donors (Lipinski definition) is 0. The van der Waals surface area contributed by atoms with Crippen LogP contribution in [-0.2, 0) is 4.74 Å². The van der Waals surface area contributed by atoms with E-state index < -0.39 is 0 Å².